The number of rotatable bonds is 5. The number of aromatic nitrogens is 2. The quantitative estimate of drug-likeness (QED) is 0.861. The molecule has 0 bridgehead atoms. The molecule has 4 heteroatoms. The van der Waals surface area contributed by atoms with Crippen LogP contribution >= 0.6 is 0 Å². The van der Waals surface area contributed by atoms with E-state index in [1.54, 1.807) is 0 Å². The number of nitrogens with one attached hydrogen (secondary N) is 1. The van der Waals surface area contributed by atoms with Gasteiger partial charge in [-0.15, -0.1) is 0 Å². The molecule has 0 aromatic carbocycles. The summed E-state index contributed by atoms with van der Waals surface area (Å²) in [5.74, 6) is 4.77. The first-order valence-electron chi connectivity index (χ1n) is 8.09. The van der Waals surface area contributed by atoms with Gasteiger partial charge in [0.05, 0.1) is 0 Å². The highest BCUT2D eigenvalue weighted by molar-refractivity contribution is 5.45. The van der Waals surface area contributed by atoms with Crippen LogP contribution in [0.2, 0.25) is 0 Å². The Bertz CT molecular complexity index is 456. The van der Waals surface area contributed by atoms with Crippen LogP contribution in [0.4, 0.5) is 11.6 Å². The average molecular weight is 274 g/mol. The van der Waals surface area contributed by atoms with Crippen LogP contribution in [-0.2, 0) is 0 Å². The summed E-state index contributed by atoms with van der Waals surface area (Å²) in [4.78, 5) is 8.92. The molecule has 2 saturated carbocycles. The molecular weight excluding hydrogens is 248 g/mol. The highest BCUT2D eigenvalue weighted by Crippen LogP contribution is 2.38. The Balaban J connectivity index is 1.50. The third-order valence-electron chi connectivity index (χ3n) is 4.61. The van der Waals surface area contributed by atoms with Crippen molar-refractivity contribution in [2.75, 3.05) is 17.6 Å². The first-order valence-corrected chi connectivity index (χ1v) is 8.09. The molecule has 2 fully saturated rings. The van der Waals surface area contributed by atoms with Gasteiger partial charge in [-0.05, 0) is 37.5 Å². The van der Waals surface area contributed by atoms with Crippen molar-refractivity contribution in [2.45, 2.75) is 57.8 Å². The van der Waals surface area contributed by atoms with Gasteiger partial charge in [0, 0.05) is 18.5 Å². The predicted octanol–water partition coefficient (Wildman–Crippen LogP) is 3.56. The molecular formula is C16H26N4. The number of anilines is 2. The molecule has 1 aromatic heterocycles. The summed E-state index contributed by atoms with van der Waals surface area (Å²) in [6.07, 6.45) is 9.26. The van der Waals surface area contributed by atoms with Gasteiger partial charge in [0.2, 0.25) is 0 Å². The molecule has 0 aliphatic heterocycles. The third kappa shape index (κ3) is 3.62. The van der Waals surface area contributed by atoms with Crippen molar-refractivity contribution in [2.24, 2.45) is 11.8 Å². The van der Waals surface area contributed by atoms with Gasteiger partial charge in [-0.25, -0.2) is 9.97 Å². The van der Waals surface area contributed by atoms with Crippen molar-refractivity contribution >= 4 is 11.6 Å². The van der Waals surface area contributed by atoms with Crippen molar-refractivity contribution < 1.29 is 0 Å². The van der Waals surface area contributed by atoms with Crippen LogP contribution in [0.3, 0.4) is 0 Å². The van der Waals surface area contributed by atoms with E-state index in [4.69, 9.17) is 5.73 Å². The molecule has 2 aliphatic rings. The molecule has 2 atom stereocenters. The lowest BCUT2D eigenvalue weighted by Crippen LogP contribution is -2.17. The minimum Gasteiger partial charge on any atom is -0.384 e. The number of nitrogen functional groups attached to an aromatic ring is 1. The minimum atomic E-state index is 0.554. The molecule has 3 rings (SSSR count). The molecule has 2 aliphatic carbocycles. The van der Waals surface area contributed by atoms with Gasteiger partial charge in [0.1, 0.15) is 17.5 Å². The second-order valence-electron chi connectivity index (χ2n) is 6.66. The zero-order valence-corrected chi connectivity index (χ0v) is 12.4. The van der Waals surface area contributed by atoms with Gasteiger partial charge in [0.25, 0.3) is 0 Å². The summed E-state index contributed by atoms with van der Waals surface area (Å²) in [5.41, 5.74) is 5.87. The lowest BCUT2D eigenvalue weighted by molar-refractivity contribution is 0.274. The highest BCUT2D eigenvalue weighted by Gasteiger charge is 2.27. The van der Waals surface area contributed by atoms with Gasteiger partial charge in [0.15, 0.2) is 0 Å². The first-order chi connectivity index (χ1) is 9.70. The van der Waals surface area contributed by atoms with Crippen molar-refractivity contribution in [1.82, 2.24) is 9.97 Å². The molecule has 2 unspecified atom stereocenters. The fourth-order valence-electron chi connectivity index (χ4n) is 3.33. The van der Waals surface area contributed by atoms with Crippen LogP contribution in [0, 0.1) is 11.8 Å². The van der Waals surface area contributed by atoms with Crippen LogP contribution in [0.25, 0.3) is 0 Å². The largest absolute Gasteiger partial charge is 0.384 e. The Hall–Kier alpha value is -1.32. The van der Waals surface area contributed by atoms with Crippen molar-refractivity contribution in [1.29, 1.82) is 0 Å². The molecule has 1 aromatic rings. The van der Waals surface area contributed by atoms with E-state index in [0.29, 0.717) is 11.7 Å². The summed E-state index contributed by atoms with van der Waals surface area (Å²) in [6, 6.07) is 1.86. The number of nitrogens with two attached hydrogens (primary N) is 1. The summed E-state index contributed by atoms with van der Waals surface area (Å²) < 4.78 is 0. The third-order valence-corrected chi connectivity index (χ3v) is 4.61. The summed E-state index contributed by atoms with van der Waals surface area (Å²) in [6.45, 7) is 3.38. The van der Waals surface area contributed by atoms with Crippen molar-refractivity contribution in [3.05, 3.63) is 11.9 Å². The molecule has 0 spiro atoms. The lowest BCUT2D eigenvalue weighted by Gasteiger charge is -2.26. The topological polar surface area (TPSA) is 63.8 Å². The standard InChI is InChI=1S/C16H26N4/c1-11-3-2-4-12(9-11)7-8-18-15-10-14(17)19-16(20-15)13-5-6-13/h10-13H,2-9H2,1H3,(H3,17,18,19,20). The Kier molecular flexibility index (Phi) is 4.08. The zero-order valence-electron chi connectivity index (χ0n) is 12.4. The van der Waals surface area contributed by atoms with Gasteiger partial charge in [-0.2, -0.15) is 0 Å². The first kappa shape index (κ1) is 13.7. The fourth-order valence-corrected chi connectivity index (χ4v) is 3.33. The molecule has 4 nitrogen and oxygen atoms in total. The Morgan fingerprint density at radius 1 is 1.25 bits per heavy atom. The maximum Gasteiger partial charge on any atom is 0.136 e. The molecule has 3 N–H and O–H groups in total. The van der Waals surface area contributed by atoms with E-state index in [2.05, 4.69) is 22.2 Å². The van der Waals surface area contributed by atoms with E-state index < -0.39 is 0 Å². The van der Waals surface area contributed by atoms with Crippen LogP contribution < -0.4 is 11.1 Å². The van der Waals surface area contributed by atoms with E-state index in [0.717, 1.165) is 30.0 Å². The molecule has 0 amide bonds. The predicted molar refractivity (Wildman–Crippen MR) is 82.6 cm³/mol. The van der Waals surface area contributed by atoms with E-state index >= 15 is 0 Å². The van der Waals surface area contributed by atoms with E-state index in [1.807, 2.05) is 6.07 Å². The minimum absolute atomic E-state index is 0.554. The smallest absolute Gasteiger partial charge is 0.136 e. The Labute approximate surface area is 121 Å². The van der Waals surface area contributed by atoms with Crippen LogP contribution in [0.1, 0.15) is 63.6 Å². The maximum absolute atomic E-state index is 5.87. The molecule has 110 valence electrons. The van der Waals surface area contributed by atoms with Gasteiger partial charge in [-0.3, -0.25) is 0 Å². The summed E-state index contributed by atoms with van der Waals surface area (Å²) in [7, 11) is 0. The highest BCUT2D eigenvalue weighted by atomic mass is 15.1. The molecule has 0 saturated heterocycles. The maximum atomic E-state index is 5.87. The monoisotopic (exact) mass is 274 g/mol. The van der Waals surface area contributed by atoms with Crippen molar-refractivity contribution in [3.8, 4) is 0 Å². The van der Waals surface area contributed by atoms with Crippen molar-refractivity contribution in [3.63, 3.8) is 0 Å². The van der Waals surface area contributed by atoms with Crippen LogP contribution in [-0.4, -0.2) is 16.5 Å². The normalized spacial score (nSPS) is 26.4. The second-order valence-corrected chi connectivity index (χ2v) is 6.66. The van der Waals surface area contributed by atoms with Crippen LogP contribution in [0.15, 0.2) is 6.07 Å². The summed E-state index contributed by atoms with van der Waals surface area (Å²) in [5, 5.41) is 3.44. The summed E-state index contributed by atoms with van der Waals surface area (Å²) >= 11 is 0. The number of nitrogens with zero attached hydrogens (tertiary/aromatic N) is 2. The van der Waals surface area contributed by atoms with Gasteiger partial charge in [-0.1, -0.05) is 26.2 Å². The van der Waals surface area contributed by atoms with E-state index in [9.17, 15) is 0 Å². The molecule has 0 radical (unpaired) electrons. The Morgan fingerprint density at radius 2 is 2.10 bits per heavy atom. The molecule has 1 heterocycles. The van der Waals surface area contributed by atoms with Crippen LogP contribution in [0.5, 0.6) is 0 Å². The SMILES string of the molecule is CC1CCCC(CCNc2cc(N)nc(C3CC3)n2)C1. The van der Waals surface area contributed by atoms with E-state index in [1.165, 1.54) is 44.9 Å². The van der Waals surface area contributed by atoms with E-state index in [-0.39, 0.29) is 0 Å². The lowest BCUT2D eigenvalue weighted by atomic mass is 9.81. The Morgan fingerprint density at radius 3 is 2.85 bits per heavy atom. The fraction of sp³-hybridized carbons (Fsp3) is 0.750. The average Bonchev–Trinajstić information content (AvgIpc) is 3.22. The number of hydrogen-bond donors (Lipinski definition) is 2. The number of hydrogen-bond acceptors (Lipinski definition) is 4. The molecule has 20 heavy (non-hydrogen) atoms. The zero-order chi connectivity index (χ0) is 13.9. The second kappa shape index (κ2) is 5.98. The van der Waals surface area contributed by atoms with Gasteiger partial charge < -0.3 is 11.1 Å². The van der Waals surface area contributed by atoms with Gasteiger partial charge >= 0.3 is 0 Å².